The summed E-state index contributed by atoms with van der Waals surface area (Å²) in [5.41, 5.74) is -0.245. The zero-order valence-corrected chi connectivity index (χ0v) is 16.9. The average molecular weight is 415 g/mol. The van der Waals surface area contributed by atoms with Gasteiger partial charge in [-0.15, -0.1) is 0 Å². The van der Waals surface area contributed by atoms with Crippen molar-refractivity contribution in [3.8, 4) is 17.6 Å². The smallest absolute Gasteiger partial charge is 0.471 e. The van der Waals surface area contributed by atoms with Crippen LogP contribution in [0.25, 0.3) is 0 Å². The zero-order chi connectivity index (χ0) is 22.1. The van der Waals surface area contributed by atoms with Gasteiger partial charge in [0.05, 0.1) is 18.8 Å². The molecular formula is C21H28F3NO4. The second-order valence-corrected chi connectivity index (χ2v) is 6.80. The second-order valence-electron chi connectivity index (χ2n) is 6.80. The lowest BCUT2D eigenvalue weighted by molar-refractivity contribution is -0.173. The number of aliphatic hydroxyl groups excluding tert-OH is 1. The van der Waals surface area contributed by atoms with Gasteiger partial charge in [0.15, 0.2) is 0 Å². The van der Waals surface area contributed by atoms with Gasteiger partial charge in [0, 0.05) is 6.54 Å². The van der Waals surface area contributed by atoms with Crippen molar-refractivity contribution in [2.24, 2.45) is 0 Å². The molecule has 0 heterocycles. The van der Waals surface area contributed by atoms with Crippen molar-refractivity contribution in [2.45, 2.75) is 63.8 Å². The molecule has 0 aromatic heterocycles. The molecule has 0 aliphatic carbocycles. The van der Waals surface area contributed by atoms with Crippen molar-refractivity contribution >= 4 is 5.91 Å². The first-order valence-electron chi connectivity index (χ1n) is 9.53. The van der Waals surface area contributed by atoms with E-state index in [0.717, 1.165) is 12.8 Å². The topological polar surface area (TPSA) is 78.8 Å². The van der Waals surface area contributed by atoms with E-state index in [-0.39, 0.29) is 13.0 Å². The molecule has 3 N–H and O–H groups in total. The van der Waals surface area contributed by atoms with Gasteiger partial charge in [0.25, 0.3) is 0 Å². The summed E-state index contributed by atoms with van der Waals surface area (Å²) in [7, 11) is 1.47. The van der Waals surface area contributed by atoms with Gasteiger partial charge >= 0.3 is 12.1 Å². The predicted octanol–water partition coefficient (Wildman–Crippen LogP) is 3.48. The Balaban J connectivity index is 2.96. The van der Waals surface area contributed by atoms with Crippen LogP contribution in [0, 0.1) is 11.8 Å². The number of ether oxygens (including phenoxy) is 1. The Hall–Kier alpha value is -2.24. The highest BCUT2D eigenvalue weighted by Gasteiger charge is 2.38. The Kier molecular flexibility index (Phi) is 9.47. The molecule has 8 heteroatoms. The van der Waals surface area contributed by atoms with Crippen LogP contribution < -0.4 is 10.1 Å². The van der Waals surface area contributed by atoms with Crippen molar-refractivity contribution in [1.29, 1.82) is 0 Å². The Morgan fingerprint density at radius 2 is 1.86 bits per heavy atom. The van der Waals surface area contributed by atoms with E-state index in [4.69, 9.17) is 4.74 Å². The SMILES string of the molecule is CCCC(O)(C#Cc1cc(C(O)CCNC(=O)C(F)(F)F)ccc1OC)CCC. The molecule has 0 bridgehead atoms. The van der Waals surface area contributed by atoms with Crippen LogP contribution in [0.4, 0.5) is 13.2 Å². The van der Waals surface area contributed by atoms with Crippen molar-refractivity contribution in [2.75, 3.05) is 13.7 Å². The minimum atomic E-state index is -4.96. The van der Waals surface area contributed by atoms with Gasteiger partial charge in [-0.2, -0.15) is 13.2 Å². The molecule has 1 rings (SSSR count). The van der Waals surface area contributed by atoms with E-state index in [2.05, 4.69) is 11.8 Å². The summed E-state index contributed by atoms with van der Waals surface area (Å²) >= 11 is 0. The number of hydrogen-bond donors (Lipinski definition) is 3. The van der Waals surface area contributed by atoms with E-state index in [0.29, 0.717) is 29.7 Å². The Labute approximate surface area is 169 Å². The van der Waals surface area contributed by atoms with E-state index in [1.165, 1.54) is 7.11 Å². The monoisotopic (exact) mass is 415 g/mol. The number of carbonyl (C=O) groups excluding carboxylic acids is 1. The molecule has 1 aromatic rings. The maximum Gasteiger partial charge on any atom is 0.471 e. The van der Waals surface area contributed by atoms with E-state index in [9.17, 15) is 28.2 Å². The summed E-state index contributed by atoms with van der Waals surface area (Å²) in [5, 5.41) is 22.6. The molecule has 1 atom stereocenters. The van der Waals surface area contributed by atoms with Gasteiger partial charge in [-0.1, -0.05) is 44.6 Å². The molecule has 1 amide bonds. The molecule has 0 radical (unpaired) electrons. The number of hydrogen-bond acceptors (Lipinski definition) is 4. The van der Waals surface area contributed by atoms with Gasteiger partial charge in [0.1, 0.15) is 11.4 Å². The molecule has 0 aliphatic rings. The molecule has 0 aliphatic heterocycles. The fourth-order valence-corrected chi connectivity index (χ4v) is 2.88. The van der Waals surface area contributed by atoms with Crippen molar-refractivity contribution in [1.82, 2.24) is 5.32 Å². The standard InChI is InChI=1S/C21H28F3NO4/c1-4-10-20(28,11-5-2)12-8-16-14-15(6-7-18(16)29-3)17(26)9-13-25-19(27)21(22,23)24/h6-7,14,17,26,28H,4-5,9-11,13H2,1-3H3,(H,25,27). The maximum absolute atomic E-state index is 12.2. The average Bonchev–Trinajstić information content (AvgIpc) is 2.65. The third kappa shape index (κ3) is 7.95. The van der Waals surface area contributed by atoms with Gasteiger partial charge in [-0.25, -0.2) is 0 Å². The van der Waals surface area contributed by atoms with E-state index in [1.54, 1.807) is 23.5 Å². The highest BCUT2D eigenvalue weighted by Crippen LogP contribution is 2.25. The number of halogens is 3. The molecule has 0 saturated carbocycles. The lowest BCUT2D eigenvalue weighted by Crippen LogP contribution is -2.37. The van der Waals surface area contributed by atoms with Crippen LogP contribution in [0.3, 0.4) is 0 Å². The molecule has 0 saturated heterocycles. The maximum atomic E-state index is 12.2. The molecule has 162 valence electrons. The first kappa shape index (κ1) is 24.8. The van der Waals surface area contributed by atoms with Crippen LogP contribution in [0.1, 0.15) is 63.2 Å². The van der Waals surface area contributed by atoms with Crippen LogP contribution in [0.5, 0.6) is 5.75 Å². The molecule has 0 spiro atoms. The number of rotatable bonds is 9. The van der Waals surface area contributed by atoms with Gasteiger partial charge < -0.3 is 20.3 Å². The molecule has 1 aromatic carbocycles. The fraction of sp³-hybridized carbons (Fsp3) is 0.571. The third-order valence-electron chi connectivity index (χ3n) is 4.33. The van der Waals surface area contributed by atoms with Crippen molar-refractivity contribution < 1.29 is 32.9 Å². The first-order chi connectivity index (χ1) is 13.6. The zero-order valence-electron chi connectivity index (χ0n) is 16.9. The van der Waals surface area contributed by atoms with Crippen LogP contribution in [0.15, 0.2) is 18.2 Å². The lowest BCUT2D eigenvalue weighted by Gasteiger charge is -2.20. The summed E-state index contributed by atoms with van der Waals surface area (Å²) in [5.74, 6) is 4.21. The molecule has 0 fully saturated rings. The normalized spacial score (nSPS) is 12.7. The molecule has 5 nitrogen and oxygen atoms in total. The van der Waals surface area contributed by atoms with E-state index < -0.39 is 23.8 Å². The van der Waals surface area contributed by atoms with Crippen LogP contribution >= 0.6 is 0 Å². The van der Waals surface area contributed by atoms with Gasteiger partial charge in [-0.3, -0.25) is 4.79 Å². The minimum Gasteiger partial charge on any atom is -0.495 e. The van der Waals surface area contributed by atoms with Crippen LogP contribution in [0.2, 0.25) is 0 Å². The van der Waals surface area contributed by atoms with Gasteiger partial charge in [-0.05, 0) is 37.0 Å². The van der Waals surface area contributed by atoms with E-state index >= 15 is 0 Å². The van der Waals surface area contributed by atoms with Crippen molar-refractivity contribution in [3.05, 3.63) is 29.3 Å². The predicted molar refractivity (Wildman–Crippen MR) is 103 cm³/mol. The number of aliphatic hydroxyl groups is 2. The quantitative estimate of drug-likeness (QED) is 0.540. The number of methoxy groups -OCH3 is 1. The number of nitrogens with one attached hydrogen (secondary N) is 1. The molecule has 1 unspecified atom stereocenters. The van der Waals surface area contributed by atoms with Crippen molar-refractivity contribution in [3.63, 3.8) is 0 Å². The summed E-state index contributed by atoms with van der Waals surface area (Å²) in [6.45, 7) is 3.58. The summed E-state index contributed by atoms with van der Waals surface area (Å²) in [4.78, 5) is 10.8. The molecule has 29 heavy (non-hydrogen) atoms. The van der Waals surface area contributed by atoms with Crippen LogP contribution in [-0.4, -0.2) is 41.6 Å². The molecular weight excluding hydrogens is 387 g/mol. The summed E-state index contributed by atoms with van der Waals surface area (Å²) in [6.07, 6.45) is -3.57. The Morgan fingerprint density at radius 3 is 2.38 bits per heavy atom. The highest BCUT2D eigenvalue weighted by atomic mass is 19.4. The number of carbonyl (C=O) groups is 1. The largest absolute Gasteiger partial charge is 0.495 e. The minimum absolute atomic E-state index is 0.101. The Morgan fingerprint density at radius 1 is 1.24 bits per heavy atom. The van der Waals surface area contributed by atoms with Crippen LogP contribution in [-0.2, 0) is 4.79 Å². The van der Waals surface area contributed by atoms with Gasteiger partial charge in [0.2, 0.25) is 0 Å². The highest BCUT2D eigenvalue weighted by molar-refractivity contribution is 5.81. The number of benzene rings is 1. The summed E-state index contributed by atoms with van der Waals surface area (Å²) in [6, 6.07) is 4.74. The van der Waals surface area contributed by atoms with E-state index in [1.807, 2.05) is 13.8 Å². The Bertz CT molecular complexity index is 732. The number of amides is 1. The summed E-state index contributed by atoms with van der Waals surface area (Å²) < 4.78 is 41.9. The number of alkyl halides is 3. The fourth-order valence-electron chi connectivity index (χ4n) is 2.88. The first-order valence-corrected chi connectivity index (χ1v) is 9.53. The third-order valence-corrected chi connectivity index (χ3v) is 4.33. The lowest BCUT2D eigenvalue weighted by atomic mass is 9.93. The second kappa shape index (κ2) is 11.1.